The number of carbonyl (C=O) groups is 2. The molecular formula is C22H22F3N5O2. The number of halogens is 3. The lowest BCUT2D eigenvalue weighted by atomic mass is 10.1. The van der Waals surface area contributed by atoms with E-state index in [1.54, 1.807) is 0 Å². The lowest BCUT2D eigenvalue weighted by Crippen LogP contribution is -2.33. The minimum Gasteiger partial charge on any atom is -0.356 e. The van der Waals surface area contributed by atoms with E-state index in [9.17, 15) is 22.8 Å². The maximum absolute atomic E-state index is 13.5. The molecule has 1 aliphatic heterocycles. The number of carbonyl (C=O) groups excluding carboxylic acids is 2. The van der Waals surface area contributed by atoms with Gasteiger partial charge in [0.15, 0.2) is 23.1 Å². The smallest absolute Gasteiger partial charge is 0.227 e. The number of nitrogens with one attached hydrogen (secondary N) is 1. The summed E-state index contributed by atoms with van der Waals surface area (Å²) in [4.78, 5) is 25.7. The van der Waals surface area contributed by atoms with Crippen LogP contribution in [0.25, 0.3) is 5.65 Å². The third kappa shape index (κ3) is 4.58. The van der Waals surface area contributed by atoms with Gasteiger partial charge in [-0.3, -0.25) is 14.0 Å². The van der Waals surface area contributed by atoms with Crippen molar-refractivity contribution in [1.82, 2.24) is 19.9 Å². The lowest BCUT2D eigenvalue weighted by molar-refractivity contribution is -0.126. The molecule has 2 amide bonds. The van der Waals surface area contributed by atoms with Crippen molar-refractivity contribution in [2.75, 3.05) is 18.0 Å². The Balaban J connectivity index is 1.20. The largest absolute Gasteiger partial charge is 0.356 e. The second-order valence-electron chi connectivity index (χ2n) is 7.78. The van der Waals surface area contributed by atoms with E-state index in [2.05, 4.69) is 15.5 Å². The van der Waals surface area contributed by atoms with Crippen molar-refractivity contribution < 1.29 is 22.8 Å². The molecular weight excluding hydrogens is 423 g/mol. The number of aryl methyl sites for hydroxylation is 1. The second kappa shape index (κ2) is 9.37. The average molecular weight is 445 g/mol. The van der Waals surface area contributed by atoms with E-state index in [4.69, 9.17) is 0 Å². The predicted molar refractivity (Wildman–Crippen MR) is 110 cm³/mol. The van der Waals surface area contributed by atoms with Crippen molar-refractivity contribution in [3.8, 4) is 0 Å². The first-order chi connectivity index (χ1) is 15.4. The SMILES string of the molecule is O=C(NCCCCCc1nnc2ccccn12)[C@H]1CC(=O)N(c2cc(F)c(F)c(F)c2)C1. The van der Waals surface area contributed by atoms with E-state index >= 15 is 0 Å². The zero-order valence-electron chi connectivity index (χ0n) is 17.2. The van der Waals surface area contributed by atoms with Gasteiger partial charge in [-0.1, -0.05) is 12.5 Å². The summed E-state index contributed by atoms with van der Waals surface area (Å²) in [6, 6.07) is 7.24. The molecule has 10 heteroatoms. The quantitative estimate of drug-likeness (QED) is 0.427. The number of hydrogen-bond acceptors (Lipinski definition) is 4. The van der Waals surface area contributed by atoms with Crippen LogP contribution in [0.2, 0.25) is 0 Å². The van der Waals surface area contributed by atoms with Crippen LogP contribution in [0.15, 0.2) is 36.5 Å². The summed E-state index contributed by atoms with van der Waals surface area (Å²) in [6.45, 7) is 0.457. The minimum absolute atomic E-state index is 0.00483. The molecule has 32 heavy (non-hydrogen) atoms. The molecule has 0 radical (unpaired) electrons. The Kier molecular flexibility index (Phi) is 6.38. The lowest BCUT2D eigenvalue weighted by Gasteiger charge is -2.17. The molecule has 0 aliphatic carbocycles. The van der Waals surface area contributed by atoms with Crippen LogP contribution in [-0.4, -0.2) is 39.5 Å². The summed E-state index contributed by atoms with van der Waals surface area (Å²) >= 11 is 0. The van der Waals surface area contributed by atoms with Crippen LogP contribution in [0.1, 0.15) is 31.5 Å². The molecule has 168 valence electrons. The maximum Gasteiger partial charge on any atom is 0.227 e. The van der Waals surface area contributed by atoms with Gasteiger partial charge in [0.2, 0.25) is 11.8 Å². The molecule has 1 saturated heterocycles. The van der Waals surface area contributed by atoms with E-state index in [-0.39, 0.29) is 24.6 Å². The zero-order chi connectivity index (χ0) is 22.7. The number of amides is 2. The number of hydrogen-bond donors (Lipinski definition) is 1. The molecule has 3 heterocycles. The number of rotatable bonds is 8. The standard InChI is InChI=1S/C22H22F3N5O2/c23-16-11-15(12-17(24)21(16)25)30-13-14(10-20(30)31)22(32)26-8-4-1-2-6-18-27-28-19-7-3-5-9-29(18)19/h3,5,7,9,11-12,14H,1-2,4,6,8,10,13H2,(H,26,32)/t14-/m0/s1. The van der Waals surface area contributed by atoms with Gasteiger partial charge in [0.05, 0.1) is 5.92 Å². The van der Waals surface area contributed by atoms with Crippen molar-refractivity contribution in [3.05, 3.63) is 59.8 Å². The Bertz CT molecular complexity index is 1130. The van der Waals surface area contributed by atoms with Gasteiger partial charge in [-0.05, 0) is 25.0 Å². The fourth-order valence-corrected chi connectivity index (χ4v) is 3.83. The average Bonchev–Trinajstić information content (AvgIpc) is 3.37. The first-order valence-corrected chi connectivity index (χ1v) is 10.5. The van der Waals surface area contributed by atoms with Crippen LogP contribution in [0.5, 0.6) is 0 Å². The molecule has 1 atom stereocenters. The molecule has 7 nitrogen and oxygen atoms in total. The van der Waals surface area contributed by atoms with Crippen molar-refractivity contribution in [2.24, 2.45) is 5.92 Å². The minimum atomic E-state index is -1.59. The summed E-state index contributed by atoms with van der Waals surface area (Å²) in [5.41, 5.74) is 0.712. The molecule has 4 rings (SSSR count). The van der Waals surface area contributed by atoms with Crippen molar-refractivity contribution in [2.45, 2.75) is 32.1 Å². The van der Waals surface area contributed by atoms with Crippen LogP contribution in [0.3, 0.4) is 0 Å². The van der Waals surface area contributed by atoms with Crippen molar-refractivity contribution in [1.29, 1.82) is 0 Å². The monoisotopic (exact) mass is 445 g/mol. The van der Waals surface area contributed by atoms with Crippen LogP contribution < -0.4 is 10.2 Å². The normalized spacial score (nSPS) is 16.2. The Morgan fingerprint density at radius 2 is 1.88 bits per heavy atom. The van der Waals surface area contributed by atoms with Gasteiger partial charge in [0.25, 0.3) is 0 Å². The molecule has 0 spiro atoms. The van der Waals surface area contributed by atoms with E-state index in [1.165, 1.54) is 0 Å². The zero-order valence-corrected chi connectivity index (χ0v) is 17.2. The highest BCUT2D eigenvalue weighted by atomic mass is 19.2. The number of nitrogens with zero attached hydrogens (tertiary/aromatic N) is 4. The summed E-state index contributed by atoms with van der Waals surface area (Å²) in [5.74, 6) is -4.79. The van der Waals surface area contributed by atoms with Gasteiger partial charge < -0.3 is 10.2 Å². The third-order valence-corrected chi connectivity index (χ3v) is 5.54. The summed E-state index contributed by atoms with van der Waals surface area (Å²) in [7, 11) is 0. The number of aromatic nitrogens is 3. The molecule has 0 bridgehead atoms. The van der Waals surface area contributed by atoms with E-state index in [1.807, 2.05) is 28.8 Å². The first-order valence-electron chi connectivity index (χ1n) is 10.5. The summed E-state index contributed by atoms with van der Waals surface area (Å²) in [6.07, 6.45) is 5.17. The maximum atomic E-state index is 13.5. The van der Waals surface area contributed by atoms with Gasteiger partial charge >= 0.3 is 0 Å². The molecule has 1 fully saturated rings. The van der Waals surface area contributed by atoms with Gasteiger partial charge in [0, 0.05) is 49.9 Å². The molecule has 2 aromatic heterocycles. The van der Waals surface area contributed by atoms with Crippen LogP contribution in [0, 0.1) is 23.4 Å². The van der Waals surface area contributed by atoms with E-state index < -0.39 is 29.3 Å². The molecule has 3 aromatic rings. The molecule has 1 N–H and O–H groups in total. The molecule has 0 saturated carbocycles. The Morgan fingerprint density at radius 1 is 1.09 bits per heavy atom. The highest BCUT2D eigenvalue weighted by molar-refractivity contribution is 6.00. The topological polar surface area (TPSA) is 79.6 Å². The fourth-order valence-electron chi connectivity index (χ4n) is 3.83. The number of benzene rings is 1. The number of anilines is 1. The number of unbranched alkanes of at least 4 members (excludes halogenated alkanes) is 2. The Labute approximate surface area is 182 Å². The van der Waals surface area contributed by atoms with Gasteiger partial charge in [-0.2, -0.15) is 0 Å². The van der Waals surface area contributed by atoms with Gasteiger partial charge in [-0.25, -0.2) is 13.2 Å². The summed E-state index contributed by atoms with van der Waals surface area (Å²) in [5, 5.41) is 11.1. The summed E-state index contributed by atoms with van der Waals surface area (Å²) < 4.78 is 42.0. The Hall–Kier alpha value is -3.43. The van der Waals surface area contributed by atoms with Crippen molar-refractivity contribution >= 4 is 23.1 Å². The number of fused-ring (bicyclic) bond motifs is 1. The fraction of sp³-hybridized carbons (Fsp3) is 0.364. The van der Waals surface area contributed by atoms with E-state index in [0.717, 1.165) is 54.2 Å². The number of pyridine rings is 1. The second-order valence-corrected chi connectivity index (χ2v) is 7.78. The van der Waals surface area contributed by atoms with Crippen LogP contribution in [0.4, 0.5) is 18.9 Å². The highest BCUT2D eigenvalue weighted by Gasteiger charge is 2.35. The first kappa shape index (κ1) is 21.8. The molecule has 1 aromatic carbocycles. The highest BCUT2D eigenvalue weighted by Crippen LogP contribution is 2.28. The van der Waals surface area contributed by atoms with Gasteiger partial charge in [0.1, 0.15) is 5.82 Å². The Morgan fingerprint density at radius 3 is 2.66 bits per heavy atom. The molecule has 0 unspecified atom stereocenters. The molecule has 1 aliphatic rings. The predicted octanol–water partition coefficient (Wildman–Crippen LogP) is 3.03. The van der Waals surface area contributed by atoms with E-state index in [0.29, 0.717) is 6.54 Å². The van der Waals surface area contributed by atoms with Crippen LogP contribution in [-0.2, 0) is 16.0 Å². The van der Waals surface area contributed by atoms with Crippen LogP contribution >= 0.6 is 0 Å². The van der Waals surface area contributed by atoms with Crippen molar-refractivity contribution in [3.63, 3.8) is 0 Å². The third-order valence-electron chi connectivity index (χ3n) is 5.54. The van der Waals surface area contributed by atoms with Gasteiger partial charge in [-0.15, -0.1) is 10.2 Å².